The smallest absolute Gasteiger partial charge is 0.0594 e. The fourth-order valence-electron chi connectivity index (χ4n) is 3.89. The third kappa shape index (κ3) is 10.4. The number of morpholine rings is 1. The lowest BCUT2D eigenvalue weighted by Crippen LogP contribution is -2.37. The normalized spacial score (nSPS) is 18.9. The van der Waals surface area contributed by atoms with Crippen molar-refractivity contribution in [2.24, 2.45) is 5.41 Å². The molecule has 0 saturated carbocycles. The van der Waals surface area contributed by atoms with Crippen LogP contribution in [0.25, 0.3) is 0 Å². The molecule has 0 spiro atoms. The van der Waals surface area contributed by atoms with Crippen molar-refractivity contribution in [1.82, 2.24) is 4.90 Å². The molecule has 1 aliphatic heterocycles. The van der Waals surface area contributed by atoms with E-state index in [4.69, 9.17) is 4.74 Å². The monoisotopic (exact) mass is 325 g/mol. The molecule has 0 aromatic rings. The lowest BCUT2D eigenvalue weighted by molar-refractivity contribution is 0.0353. The van der Waals surface area contributed by atoms with Crippen molar-refractivity contribution in [3.63, 3.8) is 0 Å². The third-order valence-electron chi connectivity index (χ3n) is 5.63. The highest BCUT2D eigenvalue weighted by atomic mass is 16.5. The summed E-state index contributed by atoms with van der Waals surface area (Å²) in [7, 11) is 0. The molecule has 0 N–H and O–H groups in total. The number of ether oxygens (including phenoxy) is 1. The molecule has 0 bridgehead atoms. The van der Waals surface area contributed by atoms with E-state index in [1.165, 1.54) is 83.6 Å². The topological polar surface area (TPSA) is 12.5 Å². The number of unbranched alkanes of at least 4 members (excludes halogenated alkanes) is 6. The van der Waals surface area contributed by atoms with Crippen LogP contribution in [-0.4, -0.2) is 37.7 Å². The highest BCUT2D eigenvalue weighted by Crippen LogP contribution is 2.36. The van der Waals surface area contributed by atoms with Crippen LogP contribution in [0.15, 0.2) is 0 Å². The van der Waals surface area contributed by atoms with E-state index in [2.05, 4.69) is 25.7 Å². The molecule has 1 saturated heterocycles. The first-order valence-corrected chi connectivity index (χ1v) is 10.5. The molecule has 0 aromatic carbocycles. The van der Waals surface area contributed by atoms with Crippen LogP contribution in [0.2, 0.25) is 0 Å². The zero-order valence-corrected chi connectivity index (χ0v) is 16.4. The molecule has 1 rings (SSSR count). The van der Waals surface area contributed by atoms with Crippen LogP contribution in [-0.2, 0) is 4.74 Å². The standard InChI is InChI=1S/C21H43NO/c1-4-6-8-9-11-14-21(3,13-10-7-5-2)15-12-16-22-17-19-23-20-18-22/h4-20H2,1-3H3. The molecule has 1 aliphatic rings. The van der Waals surface area contributed by atoms with E-state index in [0.29, 0.717) is 5.41 Å². The quantitative estimate of drug-likeness (QED) is 0.361. The van der Waals surface area contributed by atoms with E-state index in [-0.39, 0.29) is 0 Å². The minimum atomic E-state index is 0.591. The summed E-state index contributed by atoms with van der Waals surface area (Å²) in [6.07, 6.45) is 17.0. The lowest BCUT2D eigenvalue weighted by Gasteiger charge is -2.32. The second-order valence-electron chi connectivity index (χ2n) is 7.99. The van der Waals surface area contributed by atoms with Crippen molar-refractivity contribution in [3.8, 4) is 0 Å². The first-order valence-electron chi connectivity index (χ1n) is 10.5. The van der Waals surface area contributed by atoms with Gasteiger partial charge >= 0.3 is 0 Å². The highest BCUT2D eigenvalue weighted by Gasteiger charge is 2.23. The molecule has 138 valence electrons. The largest absolute Gasteiger partial charge is 0.379 e. The van der Waals surface area contributed by atoms with E-state index >= 15 is 0 Å². The van der Waals surface area contributed by atoms with Crippen LogP contribution in [0.3, 0.4) is 0 Å². The SMILES string of the molecule is CCCCCCCC(C)(CCCCC)CCCN1CCOCC1. The van der Waals surface area contributed by atoms with E-state index in [1.54, 1.807) is 0 Å². The molecular formula is C21H43NO. The summed E-state index contributed by atoms with van der Waals surface area (Å²) >= 11 is 0. The fourth-order valence-corrected chi connectivity index (χ4v) is 3.89. The Labute approximate surface area is 146 Å². The molecule has 0 aromatic heterocycles. The lowest BCUT2D eigenvalue weighted by atomic mass is 9.76. The van der Waals surface area contributed by atoms with Crippen LogP contribution in [0, 0.1) is 5.41 Å². The van der Waals surface area contributed by atoms with Crippen molar-refractivity contribution < 1.29 is 4.74 Å². The van der Waals surface area contributed by atoms with Crippen LogP contribution in [0.4, 0.5) is 0 Å². The average Bonchev–Trinajstić information content (AvgIpc) is 2.56. The van der Waals surface area contributed by atoms with Crippen molar-refractivity contribution in [2.75, 3.05) is 32.8 Å². The first-order chi connectivity index (χ1) is 11.2. The van der Waals surface area contributed by atoms with E-state index in [9.17, 15) is 0 Å². The molecule has 0 amide bonds. The van der Waals surface area contributed by atoms with Crippen LogP contribution in [0.1, 0.15) is 97.8 Å². The maximum Gasteiger partial charge on any atom is 0.0594 e. The molecule has 23 heavy (non-hydrogen) atoms. The van der Waals surface area contributed by atoms with Crippen molar-refractivity contribution in [3.05, 3.63) is 0 Å². The fraction of sp³-hybridized carbons (Fsp3) is 1.00. The van der Waals surface area contributed by atoms with E-state index in [0.717, 1.165) is 26.3 Å². The van der Waals surface area contributed by atoms with E-state index in [1.807, 2.05) is 0 Å². The van der Waals surface area contributed by atoms with Gasteiger partial charge in [-0.2, -0.15) is 0 Å². The Hall–Kier alpha value is -0.0800. The van der Waals surface area contributed by atoms with E-state index < -0.39 is 0 Å². The summed E-state index contributed by atoms with van der Waals surface area (Å²) in [5, 5.41) is 0. The number of hydrogen-bond acceptors (Lipinski definition) is 2. The molecule has 1 heterocycles. The summed E-state index contributed by atoms with van der Waals surface area (Å²) < 4.78 is 5.46. The van der Waals surface area contributed by atoms with Crippen LogP contribution >= 0.6 is 0 Å². The first kappa shape index (κ1) is 21.0. The van der Waals surface area contributed by atoms with Gasteiger partial charge in [0.1, 0.15) is 0 Å². The van der Waals surface area contributed by atoms with Crippen LogP contribution < -0.4 is 0 Å². The second kappa shape index (κ2) is 13.2. The Bertz CT molecular complexity index is 263. The highest BCUT2D eigenvalue weighted by molar-refractivity contribution is 4.76. The van der Waals surface area contributed by atoms with Gasteiger partial charge in [0.15, 0.2) is 0 Å². The molecule has 1 fully saturated rings. The Morgan fingerprint density at radius 3 is 1.91 bits per heavy atom. The summed E-state index contributed by atoms with van der Waals surface area (Å²) in [5.74, 6) is 0. The van der Waals surface area contributed by atoms with Crippen molar-refractivity contribution in [1.29, 1.82) is 0 Å². The minimum Gasteiger partial charge on any atom is -0.379 e. The van der Waals surface area contributed by atoms with Gasteiger partial charge in [-0.1, -0.05) is 72.1 Å². The molecule has 0 radical (unpaired) electrons. The minimum absolute atomic E-state index is 0.591. The molecule has 1 atom stereocenters. The summed E-state index contributed by atoms with van der Waals surface area (Å²) in [4.78, 5) is 2.59. The van der Waals surface area contributed by atoms with Gasteiger partial charge in [-0.05, 0) is 37.6 Å². The zero-order chi connectivity index (χ0) is 16.8. The Morgan fingerprint density at radius 2 is 1.26 bits per heavy atom. The molecular weight excluding hydrogens is 282 g/mol. The van der Waals surface area contributed by atoms with Crippen molar-refractivity contribution in [2.45, 2.75) is 97.8 Å². The van der Waals surface area contributed by atoms with Gasteiger partial charge in [0, 0.05) is 13.1 Å². The zero-order valence-electron chi connectivity index (χ0n) is 16.4. The van der Waals surface area contributed by atoms with Crippen molar-refractivity contribution >= 4 is 0 Å². The molecule has 1 unspecified atom stereocenters. The average molecular weight is 326 g/mol. The summed E-state index contributed by atoms with van der Waals surface area (Å²) in [6.45, 7) is 12.6. The second-order valence-corrected chi connectivity index (χ2v) is 7.99. The van der Waals surface area contributed by atoms with Gasteiger partial charge in [-0.25, -0.2) is 0 Å². The Balaban J connectivity index is 2.26. The number of rotatable bonds is 14. The number of nitrogens with zero attached hydrogens (tertiary/aromatic N) is 1. The van der Waals surface area contributed by atoms with Gasteiger partial charge in [0.05, 0.1) is 13.2 Å². The third-order valence-corrected chi connectivity index (χ3v) is 5.63. The number of hydrogen-bond donors (Lipinski definition) is 0. The Morgan fingerprint density at radius 1 is 0.739 bits per heavy atom. The van der Waals surface area contributed by atoms with Gasteiger partial charge in [0.2, 0.25) is 0 Å². The maximum absolute atomic E-state index is 5.46. The maximum atomic E-state index is 5.46. The van der Waals surface area contributed by atoms with Gasteiger partial charge in [-0.15, -0.1) is 0 Å². The Kier molecular flexibility index (Phi) is 12.1. The predicted octanol–water partition coefficient (Wildman–Crippen LogP) is 6.05. The van der Waals surface area contributed by atoms with Gasteiger partial charge in [-0.3, -0.25) is 4.90 Å². The summed E-state index contributed by atoms with van der Waals surface area (Å²) in [6, 6.07) is 0. The molecule has 2 heteroatoms. The van der Waals surface area contributed by atoms with Gasteiger partial charge in [0.25, 0.3) is 0 Å². The van der Waals surface area contributed by atoms with Crippen LogP contribution in [0.5, 0.6) is 0 Å². The predicted molar refractivity (Wildman–Crippen MR) is 102 cm³/mol. The van der Waals surface area contributed by atoms with Gasteiger partial charge < -0.3 is 4.74 Å². The molecule has 0 aliphatic carbocycles. The summed E-state index contributed by atoms with van der Waals surface area (Å²) in [5.41, 5.74) is 0.591. The molecule has 2 nitrogen and oxygen atoms in total.